The SMILES string of the molecule is CC1COCCC1NC1CCSC1. The van der Waals surface area contributed by atoms with Gasteiger partial charge in [-0.3, -0.25) is 0 Å². The Hall–Kier alpha value is 0.270. The maximum Gasteiger partial charge on any atom is 0.0506 e. The van der Waals surface area contributed by atoms with E-state index in [4.69, 9.17) is 4.74 Å². The van der Waals surface area contributed by atoms with Crippen molar-refractivity contribution >= 4 is 11.8 Å². The topological polar surface area (TPSA) is 21.3 Å². The number of hydrogen-bond acceptors (Lipinski definition) is 3. The molecule has 0 aromatic rings. The van der Waals surface area contributed by atoms with E-state index in [1.807, 2.05) is 0 Å². The normalized spacial score (nSPS) is 40.8. The summed E-state index contributed by atoms with van der Waals surface area (Å²) < 4.78 is 5.43. The summed E-state index contributed by atoms with van der Waals surface area (Å²) >= 11 is 2.08. The highest BCUT2D eigenvalue weighted by Gasteiger charge is 2.25. The predicted octanol–water partition coefficient (Wildman–Crippen LogP) is 1.51. The fraction of sp³-hybridized carbons (Fsp3) is 1.00. The van der Waals surface area contributed by atoms with Gasteiger partial charge in [0.15, 0.2) is 0 Å². The van der Waals surface area contributed by atoms with Crippen LogP contribution in [0, 0.1) is 5.92 Å². The molecule has 0 amide bonds. The Labute approximate surface area is 84.8 Å². The van der Waals surface area contributed by atoms with Gasteiger partial charge in [0.25, 0.3) is 0 Å². The lowest BCUT2D eigenvalue weighted by atomic mass is 9.97. The minimum atomic E-state index is 0.694. The average Bonchev–Trinajstić information content (AvgIpc) is 2.61. The van der Waals surface area contributed by atoms with Gasteiger partial charge in [-0.2, -0.15) is 11.8 Å². The highest BCUT2D eigenvalue weighted by Crippen LogP contribution is 2.21. The molecule has 3 atom stereocenters. The van der Waals surface area contributed by atoms with Crippen LogP contribution in [0.3, 0.4) is 0 Å². The predicted molar refractivity (Wildman–Crippen MR) is 57.3 cm³/mol. The minimum absolute atomic E-state index is 0.694. The van der Waals surface area contributed by atoms with Gasteiger partial charge in [-0.1, -0.05) is 6.92 Å². The second kappa shape index (κ2) is 4.67. The Balaban J connectivity index is 1.78. The van der Waals surface area contributed by atoms with Crippen molar-refractivity contribution in [3.05, 3.63) is 0 Å². The van der Waals surface area contributed by atoms with Gasteiger partial charge in [0.05, 0.1) is 6.61 Å². The third-order valence-corrected chi connectivity index (χ3v) is 4.18. The summed E-state index contributed by atoms with van der Waals surface area (Å²) in [4.78, 5) is 0. The molecule has 0 saturated carbocycles. The third-order valence-electron chi connectivity index (χ3n) is 3.02. The van der Waals surface area contributed by atoms with E-state index in [1.165, 1.54) is 24.3 Å². The molecule has 0 aromatic carbocycles. The molecular formula is C10H19NOS. The standard InChI is InChI=1S/C10H19NOS/c1-8-6-12-4-2-10(8)11-9-3-5-13-7-9/h8-11H,2-7H2,1H3. The first-order valence-electron chi connectivity index (χ1n) is 5.28. The van der Waals surface area contributed by atoms with E-state index in [9.17, 15) is 0 Å². The summed E-state index contributed by atoms with van der Waals surface area (Å²) in [6, 6.07) is 1.48. The molecule has 76 valence electrons. The first kappa shape index (κ1) is 9.81. The van der Waals surface area contributed by atoms with E-state index < -0.39 is 0 Å². The molecule has 1 N–H and O–H groups in total. The van der Waals surface area contributed by atoms with Crippen LogP contribution in [-0.2, 0) is 4.74 Å². The van der Waals surface area contributed by atoms with Gasteiger partial charge in [-0.25, -0.2) is 0 Å². The minimum Gasteiger partial charge on any atom is -0.381 e. The van der Waals surface area contributed by atoms with Gasteiger partial charge in [0.1, 0.15) is 0 Å². The zero-order chi connectivity index (χ0) is 9.10. The summed E-state index contributed by atoms with van der Waals surface area (Å²) in [5, 5.41) is 3.77. The summed E-state index contributed by atoms with van der Waals surface area (Å²) in [5.41, 5.74) is 0. The van der Waals surface area contributed by atoms with Crippen LogP contribution < -0.4 is 5.32 Å². The Bertz CT molecular complexity index is 159. The smallest absolute Gasteiger partial charge is 0.0506 e. The zero-order valence-corrected chi connectivity index (χ0v) is 9.11. The molecular weight excluding hydrogens is 182 g/mol. The van der Waals surface area contributed by atoms with Crippen molar-refractivity contribution < 1.29 is 4.74 Å². The quantitative estimate of drug-likeness (QED) is 0.731. The van der Waals surface area contributed by atoms with Crippen molar-refractivity contribution in [3.8, 4) is 0 Å². The van der Waals surface area contributed by atoms with Crippen molar-refractivity contribution in [3.63, 3.8) is 0 Å². The second-order valence-electron chi connectivity index (χ2n) is 4.17. The maximum atomic E-state index is 5.43. The lowest BCUT2D eigenvalue weighted by Crippen LogP contribution is -2.46. The summed E-state index contributed by atoms with van der Waals surface area (Å²) in [5.74, 6) is 3.35. The molecule has 0 spiro atoms. The number of hydrogen-bond donors (Lipinski definition) is 1. The van der Waals surface area contributed by atoms with Crippen molar-refractivity contribution in [2.75, 3.05) is 24.7 Å². The van der Waals surface area contributed by atoms with Crippen molar-refractivity contribution in [1.29, 1.82) is 0 Å². The third kappa shape index (κ3) is 2.61. The Kier molecular flexibility index (Phi) is 3.52. The van der Waals surface area contributed by atoms with E-state index >= 15 is 0 Å². The van der Waals surface area contributed by atoms with Crippen LogP contribution in [0.5, 0.6) is 0 Å². The highest BCUT2D eigenvalue weighted by molar-refractivity contribution is 7.99. The first-order valence-corrected chi connectivity index (χ1v) is 6.43. The molecule has 2 aliphatic rings. The number of thioether (sulfide) groups is 1. The molecule has 0 radical (unpaired) electrons. The molecule has 0 bridgehead atoms. The van der Waals surface area contributed by atoms with Gasteiger partial charge in [0, 0.05) is 24.4 Å². The summed E-state index contributed by atoms with van der Waals surface area (Å²) in [6.07, 6.45) is 2.55. The fourth-order valence-corrected chi connectivity index (χ4v) is 3.26. The number of nitrogens with one attached hydrogen (secondary N) is 1. The highest BCUT2D eigenvalue weighted by atomic mass is 32.2. The van der Waals surface area contributed by atoms with Crippen molar-refractivity contribution in [2.24, 2.45) is 5.92 Å². The van der Waals surface area contributed by atoms with Gasteiger partial charge in [-0.05, 0) is 24.5 Å². The Morgan fingerprint density at radius 2 is 2.31 bits per heavy atom. The average molecular weight is 201 g/mol. The van der Waals surface area contributed by atoms with Crippen LogP contribution in [0.15, 0.2) is 0 Å². The number of rotatable bonds is 2. The van der Waals surface area contributed by atoms with E-state index in [2.05, 4.69) is 24.0 Å². The summed E-state index contributed by atoms with van der Waals surface area (Å²) in [6.45, 7) is 4.18. The molecule has 2 rings (SSSR count). The fourth-order valence-electron chi connectivity index (χ4n) is 2.10. The van der Waals surface area contributed by atoms with E-state index in [0.717, 1.165) is 19.3 Å². The van der Waals surface area contributed by atoms with Crippen molar-refractivity contribution in [1.82, 2.24) is 5.32 Å². The van der Waals surface area contributed by atoms with Crippen LogP contribution in [0.25, 0.3) is 0 Å². The lowest BCUT2D eigenvalue weighted by Gasteiger charge is -2.31. The van der Waals surface area contributed by atoms with Crippen molar-refractivity contribution in [2.45, 2.75) is 31.8 Å². The molecule has 0 aromatic heterocycles. The van der Waals surface area contributed by atoms with Gasteiger partial charge < -0.3 is 10.1 Å². The molecule has 2 fully saturated rings. The zero-order valence-electron chi connectivity index (χ0n) is 8.29. The van der Waals surface area contributed by atoms with Gasteiger partial charge in [-0.15, -0.1) is 0 Å². The molecule has 2 aliphatic heterocycles. The molecule has 0 aliphatic carbocycles. The van der Waals surface area contributed by atoms with Crippen LogP contribution >= 0.6 is 11.8 Å². The maximum absolute atomic E-state index is 5.43. The van der Waals surface area contributed by atoms with E-state index in [0.29, 0.717) is 12.0 Å². The monoisotopic (exact) mass is 201 g/mol. The molecule has 3 heteroatoms. The first-order chi connectivity index (χ1) is 6.36. The van der Waals surface area contributed by atoms with Gasteiger partial charge in [0.2, 0.25) is 0 Å². The molecule has 2 nitrogen and oxygen atoms in total. The molecule has 3 unspecified atom stereocenters. The lowest BCUT2D eigenvalue weighted by molar-refractivity contribution is 0.0366. The van der Waals surface area contributed by atoms with Crippen LogP contribution in [-0.4, -0.2) is 36.8 Å². The van der Waals surface area contributed by atoms with Gasteiger partial charge >= 0.3 is 0 Å². The van der Waals surface area contributed by atoms with Crippen LogP contribution in [0.1, 0.15) is 19.8 Å². The summed E-state index contributed by atoms with van der Waals surface area (Å²) in [7, 11) is 0. The molecule has 2 saturated heterocycles. The van der Waals surface area contributed by atoms with E-state index in [-0.39, 0.29) is 0 Å². The van der Waals surface area contributed by atoms with E-state index in [1.54, 1.807) is 0 Å². The largest absolute Gasteiger partial charge is 0.381 e. The van der Waals surface area contributed by atoms with Crippen LogP contribution in [0.4, 0.5) is 0 Å². The Morgan fingerprint density at radius 3 is 3.00 bits per heavy atom. The molecule has 2 heterocycles. The Morgan fingerprint density at radius 1 is 1.38 bits per heavy atom. The number of ether oxygens (including phenoxy) is 1. The second-order valence-corrected chi connectivity index (χ2v) is 5.32. The molecule has 13 heavy (non-hydrogen) atoms. The van der Waals surface area contributed by atoms with Crippen LogP contribution in [0.2, 0.25) is 0 Å².